The first-order chi connectivity index (χ1) is 11.8. The number of rotatable bonds is 7. The van der Waals surface area contributed by atoms with Crippen molar-refractivity contribution in [3.05, 3.63) is 59.7 Å². The summed E-state index contributed by atoms with van der Waals surface area (Å²) in [7, 11) is -3.06. The smallest absolute Gasteiger partial charge is 0.319 e. The van der Waals surface area contributed by atoms with E-state index in [2.05, 4.69) is 10.6 Å². The molecule has 0 spiro atoms. The molecule has 2 N–H and O–H groups in total. The minimum atomic E-state index is -3.06. The topological polar surface area (TPSA) is 84.5 Å². The highest BCUT2D eigenvalue weighted by Gasteiger charge is 2.05. The molecule has 0 fully saturated rings. The second-order valence-electron chi connectivity index (χ2n) is 5.80. The molecular formula is C18H22N2O4S. The molecule has 25 heavy (non-hydrogen) atoms. The fraction of sp³-hybridized carbons (Fsp3) is 0.278. The van der Waals surface area contributed by atoms with Crippen LogP contribution < -0.4 is 15.4 Å². The zero-order chi connectivity index (χ0) is 18.3. The number of hydrogen-bond donors (Lipinski definition) is 2. The number of ether oxygens (including phenoxy) is 1. The molecule has 0 radical (unpaired) electrons. The molecule has 2 aromatic rings. The number of urea groups is 1. The summed E-state index contributed by atoms with van der Waals surface area (Å²) in [4.78, 5) is 12.0. The molecule has 0 heterocycles. The van der Waals surface area contributed by atoms with Crippen LogP contribution in [0.25, 0.3) is 0 Å². The van der Waals surface area contributed by atoms with Crippen molar-refractivity contribution in [2.45, 2.75) is 13.5 Å². The van der Waals surface area contributed by atoms with Crippen LogP contribution in [0.3, 0.4) is 0 Å². The summed E-state index contributed by atoms with van der Waals surface area (Å²) < 4.78 is 27.6. The first kappa shape index (κ1) is 18.8. The maximum Gasteiger partial charge on any atom is 0.319 e. The molecule has 0 saturated carbocycles. The summed E-state index contributed by atoms with van der Waals surface area (Å²) in [5, 5.41) is 5.51. The fourth-order valence-electron chi connectivity index (χ4n) is 2.15. The summed E-state index contributed by atoms with van der Waals surface area (Å²) in [6.45, 7) is 2.50. The maximum atomic E-state index is 12.0. The van der Waals surface area contributed by atoms with Gasteiger partial charge < -0.3 is 15.4 Å². The number of anilines is 1. The van der Waals surface area contributed by atoms with Crippen molar-refractivity contribution in [2.75, 3.05) is 23.9 Å². The van der Waals surface area contributed by atoms with Gasteiger partial charge in [-0.2, -0.15) is 0 Å². The van der Waals surface area contributed by atoms with Gasteiger partial charge in [-0.05, 0) is 24.6 Å². The van der Waals surface area contributed by atoms with Crippen LogP contribution in [-0.4, -0.2) is 33.1 Å². The van der Waals surface area contributed by atoms with E-state index in [1.165, 1.54) is 0 Å². The lowest BCUT2D eigenvalue weighted by molar-refractivity contribution is 0.251. The molecule has 2 aromatic carbocycles. The van der Waals surface area contributed by atoms with Gasteiger partial charge in [-0.25, -0.2) is 13.2 Å². The third kappa shape index (κ3) is 7.26. The molecule has 0 aliphatic carbocycles. The number of hydrogen-bond acceptors (Lipinski definition) is 4. The van der Waals surface area contributed by atoms with Gasteiger partial charge in [0, 0.05) is 24.6 Å². The molecule has 0 saturated heterocycles. The number of aryl methyl sites for hydroxylation is 1. The monoisotopic (exact) mass is 362 g/mol. The van der Waals surface area contributed by atoms with Crippen LogP contribution >= 0.6 is 0 Å². The Morgan fingerprint density at radius 1 is 1.12 bits per heavy atom. The van der Waals surface area contributed by atoms with Gasteiger partial charge in [-0.15, -0.1) is 0 Å². The Bertz CT molecular complexity index is 834. The SMILES string of the molecule is Cc1cccc(CNC(=O)Nc2cccc(OCCS(C)(=O)=O)c2)c1. The van der Waals surface area contributed by atoms with Crippen molar-refractivity contribution in [1.82, 2.24) is 5.32 Å². The fourth-order valence-corrected chi connectivity index (χ4v) is 2.54. The van der Waals surface area contributed by atoms with Crippen LogP contribution in [0.5, 0.6) is 5.75 Å². The van der Waals surface area contributed by atoms with Crippen molar-refractivity contribution in [3.63, 3.8) is 0 Å². The third-order valence-electron chi connectivity index (χ3n) is 3.35. The zero-order valence-corrected chi connectivity index (χ0v) is 15.1. The highest BCUT2D eigenvalue weighted by atomic mass is 32.2. The van der Waals surface area contributed by atoms with Crippen LogP contribution in [0.1, 0.15) is 11.1 Å². The second kappa shape index (κ2) is 8.53. The lowest BCUT2D eigenvalue weighted by Gasteiger charge is -2.10. The van der Waals surface area contributed by atoms with Crippen molar-refractivity contribution < 1.29 is 17.9 Å². The number of nitrogens with one attached hydrogen (secondary N) is 2. The molecule has 134 valence electrons. The van der Waals surface area contributed by atoms with Gasteiger partial charge in [0.15, 0.2) is 9.84 Å². The summed E-state index contributed by atoms with van der Waals surface area (Å²) >= 11 is 0. The van der Waals surface area contributed by atoms with E-state index in [-0.39, 0.29) is 18.4 Å². The molecule has 0 aliphatic heterocycles. The summed E-state index contributed by atoms with van der Waals surface area (Å²) in [6, 6.07) is 14.4. The highest BCUT2D eigenvalue weighted by molar-refractivity contribution is 7.90. The molecule has 2 rings (SSSR count). The van der Waals surface area contributed by atoms with Gasteiger partial charge in [-0.1, -0.05) is 35.9 Å². The Labute approximate surface area is 148 Å². The first-order valence-corrected chi connectivity index (χ1v) is 9.89. The molecule has 2 amide bonds. The Hall–Kier alpha value is -2.54. The molecule has 0 aliphatic rings. The first-order valence-electron chi connectivity index (χ1n) is 7.83. The van der Waals surface area contributed by atoms with Crippen molar-refractivity contribution in [2.24, 2.45) is 0 Å². The Balaban J connectivity index is 1.85. The van der Waals surface area contributed by atoms with Gasteiger partial charge >= 0.3 is 6.03 Å². The van der Waals surface area contributed by atoms with Crippen LogP contribution in [0.2, 0.25) is 0 Å². The van der Waals surface area contributed by atoms with Crippen LogP contribution in [0.4, 0.5) is 10.5 Å². The molecule has 0 unspecified atom stereocenters. The molecule has 0 bridgehead atoms. The van der Waals surface area contributed by atoms with Gasteiger partial charge in [0.25, 0.3) is 0 Å². The minimum Gasteiger partial charge on any atom is -0.492 e. The van der Waals surface area contributed by atoms with E-state index in [1.54, 1.807) is 24.3 Å². The van der Waals surface area contributed by atoms with E-state index < -0.39 is 9.84 Å². The number of carbonyl (C=O) groups is 1. The normalized spacial score (nSPS) is 11.0. The van der Waals surface area contributed by atoms with Crippen molar-refractivity contribution in [3.8, 4) is 5.75 Å². The third-order valence-corrected chi connectivity index (χ3v) is 4.26. The summed E-state index contributed by atoms with van der Waals surface area (Å²) in [5.74, 6) is 0.446. The van der Waals surface area contributed by atoms with Gasteiger partial charge in [0.05, 0.1) is 5.75 Å². The molecule has 0 aromatic heterocycles. The number of amides is 2. The van der Waals surface area contributed by atoms with Crippen LogP contribution in [0.15, 0.2) is 48.5 Å². The standard InChI is InChI=1S/C18H22N2O4S/c1-14-5-3-6-15(11-14)13-19-18(21)20-16-7-4-8-17(12-16)24-9-10-25(2,22)23/h3-8,11-12H,9-10,13H2,1-2H3,(H2,19,20,21). The Morgan fingerprint density at radius 3 is 2.60 bits per heavy atom. The minimum absolute atomic E-state index is 0.0539. The predicted molar refractivity (Wildman–Crippen MR) is 98.7 cm³/mol. The largest absolute Gasteiger partial charge is 0.492 e. The average molecular weight is 362 g/mol. The van der Waals surface area contributed by atoms with E-state index in [0.29, 0.717) is 18.0 Å². The predicted octanol–water partition coefficient (Wildman–Crippen LogP) is 2.74. The van der Waals surface area contributed by atoms with Gasteiger partial charge in [0.1, 0.15) is 12.4 Å². The second-order valence-corrected chi connectivity index (χ2v) is 8.06. The molecule has 7 heteroatoms. The van der Waals surface area contributed by atoms with Crippen molar-refractivity contribution in [1.29, 1.82) is 0 Å². The van der Waals surface area contributed by atoms with E-state index in [9.17, 15) is 13.2 Å². The quantitative estimate of drug-likeness (QED) is 0.793. The van der Waals surface area contributed by atoms with Gasteiger partial charge in [0.2, 0.25) is 0 Å². The number of sulfone groups is 1. The average Bonchev–Trinajstić information content (AvgIpc) is 2.52. The Morgan fingerprint density at radius 2 is 1.88 bits per heavy atom. The molecule has 6 nitrogen and oxygen atoms in total. The lowest BCUT2D eigenvalue weighted by Crippen LogP contribution is -2.28. The number of benzene rings is 2. The van der Waals surface area contributed by atoms with Crippen LogP contribution in [-0.2, 0) is 16.4 Å². The molecular weight excluding hydrogens is 340 g/mol. The van der Waals surface area contributed by atoms with E-state index in [0.717, 1.165) is 17.4 Å². The highest BCUT2D eigenvalue weighted by Crippen LogP contribution is 2.17. The summed E-state index contributed by atoms with van der Waals surface area (Å²) in [5.41, 5.74) is 2.73. The molecule has 0 atom stereocenters. The summed E-state index contributed by atoms with van der Waals surface area (Å²) in [6.07, 6.45) is 1.16. The van der Waals surface area contributed by atoms with E-state index >= 15 is 0 Å². The lowest BCUT2D eigenvalue weighted by atomic mass is 10.1. The van der Waals surface area contributed by atoms with Crippen LogP contribution in [0, 0.1) is 6.92 Å². The van der Waals surface area contributed by atoms with Crippen molar-refractivity contribution >= 4 is 21.6 Å². The van der Waals surface area contributed by atoms with Gasteiger partial charge in [-0.3, -0.25) is 0 Å². The van der Waals surface area contributed by atoms with E-state index in [4.69, 9.17) is 4.74 Å². The maximum absolute atomic E-state index is 12.0. The zero-order valence-electron chi connectivity index (χ0n) is 14.3. The van der Waals surface area contributed by atoms with E-state index in [1.807, 2.05) is 31.2 Å². The Kier molecular flexibility index (Phi) is 6.41. The number of carbonyl (C=O) groups excluding carboxylic acids is 1.